The van der Waals surface area contributed by atoms with E-state index in [9.17, 15) is 0 Å². The third-order valence-corrected chi connectivity index (χ3v) is 1.86. The van der Waals surface area contributed by atoms with Crippen LogP contribution in [0.15, 0.2) is 24.3 Å². The molecule has 0 radical (unpaired) electrons. The molecule has 0 aliphatic rings. The van der Waals surface area contributed by atoms with Gasteiger partial charge in [0.05, 0.1) is 6.61 Å². The Labute approximate surface area is 92.9 Å². The maximum atomic E-state index is 9.02. The molecule has 0 saturated carbocycles. The molecule has 86 valence electrons. The van der Waals surface area contributed by atoms with Crippen molar-refractivity contribution in [1.82, 2.24) is 0 Å². The lowest BCUT2D eigenvalue weighted by atomic mass is 10.1. The summed E-state index contributed by atoms with van der Waals surface area (Å²) in [6.07, 6.45) is 0. The number of para-hydroxylation sites is 1. The Bertz CT molecular complexity index is 280. The van der Waals surface area contributed by atoms with Crippen molar-refractivity contribution >= 4 is 0 Å². The Balaban J connectivity index is 0.000000921. The summed E-state index contributed by atoms with van der Waals surface area (Å²) in [5.41, 5.74) is 0.579. The lowest BCUT2D eigenvalue weighted by Gasteiger charge is -2.24. The van der Waals surface area contributed by atoms with Crippen LogP contribution in [0.4, 0.5) is 0 Å². The van der Waals surface area contributed by atoms with Crippen LogP contribution in [0.3, 0.4) is 0 Å². The predicted octanol–water partition coefficient (Wildman–Crippen LogP) is 3.17. The summed E-state index contributed by atoms with van der Waals surface area (Å²) in [7, 11) is 0. The quantitative estimate of drug-likeness (QED) is 0.830. The molecule has 1 aromatic rings. The van der Waals surface area contributed by atoms with Gasteiger partial charge in [0.25, 0.3) is 0 Å². The molecule has 15 heavy (non-hydrogen) atoms. The molecule has 2 nitrogen and oxygen atoms in total. The number of ether oxygens (including phenoxy) is 1. The van der Waals surface area contributed by atoms with E-state index in [0.29, 0.717) is 0 Å². The van der Waals surface area contributed by atoms with Gasteiger partial charge in [-0.2, -0.15) is 0 Å². The second kappa shape index (κ2) is 6.46. The van der Waals surface area contributed by atoms with E-state index in [2.05, 4.69) is 0 Å². The summed E-state index contributed by atoms with van der Waals surface area (Å²) in [5, 5.41) is 9.02. The molecule has 0 atom stereocenters. The molecule has 1 rings (SSSR count). The van der Waals surface area contributed by atoms with Gasteiger partial charge in [0, 0.05) is 0 Å². The van der Waals surface area contributed by atoms with Crippen molar-refractivity contribution in [2.75, 3.05) is 6.61 Å². The summed E-state index contributed by atoms with van der Waals surface area (Å²) in [4.78, 5) is 0. The van der Waals surface area contributed by atoms with Crippen molar-refractivity contribution in [3.8, 4) is 5.75 Å². The van der Waals surface area contributed by atoms with Crippen LogP contribution in [0.1, 0.15) is 33.3 Å². The molecule has 0 aliphatic heterocycles. The fourth-order valence-corrected chi connectivity index (χ4v) is 1.00. The molecule has 0 amide bonds. The first-order valence-electron chi connectivity index (χ1n) is 5.41. The molecule has 1 aromatic carbocycles. The van der Waals surface area contributed by atoms with E-state index in [4.69, 9.17) is 9.84 Å². The Morgan fingerprint density at radius 2 is 1.73 bits per heavy atom. The Morgan fingerprint density at radius 1 is 1.20 bits per heavy atom. The third-order valence-electron chi connectivity index (χ3n) is 1.86. The number of aliphatic hydroxyl groups is 1. The molecule has 0 spiro atoms. The van der Waals surface area contributed by atoms with Crippen LogP contribution in [-0.2, 0) is 0 Å². The number of aliphatic hydroxyl groups excluding tert-OH is 1. The molecule has 0 bridgehead atoms. The monoisotopic (exact) mass is 210 g/mol. The minimum absolute atomic E-state index is 0.0152. The first-order valence-corrected chi connectivity index (χ1v) is 5.41. The lowest BCUT2D eigenvalue weighted by Crippen LogP contribution is -2.32. The summed E-state index contributed by atoms with van der Waals surface area (Å²) in [6, 6.07) is 7.79. The highest BCUT2D eigenvalue weighted by Crippen LogP contribution is 2.21. The number of aryl methyl sites for hydroxylation is 1. The zero-order valence-electron chi connectivity index (χ0n) is 10.4. The molecule has 0 fully saturated rings. The van der Waals surface area contributed by atoms with Crippen molar-refractivity contribution in [2.45, 2.75) is 40.2 Å². The smallest absolute Gasteiger partial charge is 0.126 e. The highest BCUT2D eigenvalue weighted by molar-refractivity contribution is 5.32. The van der Waals surface area contributed by atoms with Crippen molar-refractivity contribution in [2.24, 2.45) is 0 Å². The Kier molecular flexibility index (Phi) is 6.02. The molecule has 0 aliphatic carbocycles. The van der Waals surface area contributed by atoms with Crippen LogP contribution in [0.2, 0.25) is 0 Å². The predicted molar refractivity (Wildman–Crippen MR) is 64.3 cm³/mol. The second-order valence-electron chi connectivity index (χ2n) is 3.79. The first-order chi connectivity index (χ1) is 7.05. The van der Waals surface area contributed by atoms with Gasteiger partial charge in [-0.15, -0.1) is 0 Å². The van der Waals surface area contributed by atoms with Gasteiger partial charge in [0.1, 0.15) is 11.4 Å². The highest BCUT2D eigenvalue weighted by atomic mass is 16.5. The minimum Gasteiger partial charge on any atom is -0.485 e. The number of hydrogen-bond donors (Lipinski definition) is 1. The number of rotatable bonds is 3. The maximum Gasteiger partial charge on any atom is 0.126 e. The van der Waals surface area contributed by atoms with Crippen molar-refractivity contribution in [3.05, 3.63) is 29.8 Å². The molecule has 2 heteroatoms. The SMILES string of the molecule is CC.Cc1ccccc1OC(C)(C)CO. The molecule has 0 saturated heterocycles. The van der Waals surface area contributed by atoms with Crippen molar-refractivity contribution < 1.29 is 9.84 Å². The Hall–Kier alpha value is -1.02. The van der Waals surface area contributed by atoms with Gasteiger partial charge >= 0.3 is 0 Å². The van der Waals surface area contributed by atoms with Crippen LogP contribution in [-0.4, -0.2) is 17.3 Å². The van der Waals surface area contributed by atoms with E-state index in [1.54, 1.807) is 0 Å². The van der Waals surface area contributed by atoms with Gasteiger partial charge in [-0.1, -0.05) is 32.0 Å². The molecule has 0 aromatic heterocycles. The molecule has 0 heterocycles. The van der Waals surface area contributed by atoms with Gasteiger partial charge in [-0.05, 0) is 32.4 Å². The number of benzene rings is 1. The topological polar surface area (TPSA) is 29.5 Å². The minimum atomic E-state index is -0.508. The average Bonchev–Trinajstić information content (AvgIpc) is 2.24. The van der Waals surface area contributed by atoms with E-state index >= 15 is 0 Å². The van der Waals surface area contributed by atoms with E-state index in [1.165, 1.54) is 0 Å². The van der Waals surface area contributed by atoms with E-state index < -0.39 is 5.60 Å². The zero-order valence-corrected chi connectivity index (χ0v) is 10.4. The third kappa shape index (κ3) is 4.84. The first kappa shape index (κ1) is 14.0. The fraction of sp³-hybridized carbons (Fsp3) is 0.538. The van der Waals surface area contributed by atoms with Crippen LogP contribution in [0.25, 0.3) is 0 Å². The second-order valence-corrected chi connectivity index (χ2v) is 3.79. The van der Waals surface area contributed by atoms with Gasteiger partial charge in [0.2, 0.25) is 0 Å². The molecule has 1 N–H and O–H groups in total. The van der Waals surface area contributed by atoms with E-state index in [1.807, 2.05) is 58.9 Å². The molecular weight excluding hydrogens is 188 g/mol. The van der Waals surface area contributed by atoms with Gasteiger partial charge < -0.3 is 9.84 Å². The van der Waals surface area contributed by atoms with Crippen LogP contribution in [0.5, 0.6) is 5.75 Å². The van der Waals surface area contributed by atoms with Gasteiger partial charge in [-0.25, -0.2) is 0 Å². The highest BCUT2D eigenvalue weighted by Gasteiger charge is 2.18. The van der Waals surface area contributed by atoms with Crippen LogP contribution >= 0.6 is 0 Å². The van der Waals surface area contributed by atoms with E-state index in [-0.39, 0.29) is 6.61 Å². The van der Waals surface area contributed by atoms with Crippen molar-refractivity contribution in [3.63, 3.8) is 0 Å². The van der Waals surface area contributed by atoms with E-state index in [0.717, 1.165) is 11.3 Å². The largest absolute Gasteiger partial charge is 0.485 e. The molecular formula is C13H22O2. The fourth-order valence-electron chi connectivity index (χ4n) is 1.00. The zero-order chi connectivity index (χ0) is 11.9. The summed E-state index contributed by atoms with van der Waals surface area (Å²) < 4.78 is 5.63. The molecule has 0 unspecified atom stereocenters. The Morgan fingerprint density at radius 3 is 2.20 bits per heavy atom. The standard InChI is InChI=1S/C11H16O2.C2H6/c1-9-6-4-5-7-10(9)13-11(2,3)8-12;1-2/h4-7,12H,8H2,1-3H3;1-2H3. The van der Waals surface area contributed by atoms with Crippen LogP contribution in [0, 0.1) is 6.92 Å². The summed E-state index contributed by atoms with van der Waals surface area (Å²) >= 11 is 0. The maximum absolute atomic E-state index is 9.02. The normalized spacial score (nSPS) is 10.3. The summed E-state index contributed by atoms with van der Waals surface area (Å²) in [5.74, 6) is 0.835. The number of hydrogen-bond acceptors (Lipinski definition) is 2. The van der Waals surface area contributed by atoms with Crippen LogP contribution < -0.4 is 4.74 Å². The van der Waals surface area contributed by atoms with Gasteiger partial charge in [-0.3, -0.25) is 0 Å². The van der Waals surface area contributed by atoms with Crippen molar-refractivity contribution in [1.29, 1.82) is 0 Å². The lowest BCUT2D eigenvalue weighted by molar-refractivity contribution is 0.0407. The average molecular weight is 210 g/mol. The summed E-state index contributed by atoms with van der Waals surface area (Å²) in [6.45, 7) is 9.73. The van der Waals surface area contributed by atoms with Gasteiger partial charge in [0.15, 0.2) is 0 Å².